The van der Waals surface area contributed by atoms with Gasteiger partial charge in [-0.2, -0.15) is 0 Å². The summed E-state index contributed by atoms with van der Waals surface area (Å²) in [5.41, 5.74) is 2.09. The molecule has 102 valence electrons. The fraction of sp³-hybridized carbons (Fsp3) is 0.500. The van der Waals surface area contributed by atoms with Crippen molar-refractivity contribution in [3.63, 3.8) is 0 Å². The first-order chi connectivity index (χ1) is 9.31. The van der Waals surface area contributed by atoms with E-state index in [4.69, 9.17) is 0 Å². The molecule has 0 amide bonds. The molecule has 0 aliphatic heterocycles. The molecule has 5 nitrogen and oxygen atoms in total. The van der Waals surface area contributed by atoms with Crippen molar-refractivity contribution in [1.82, 2.24) is 19.5 Å². The van der Waals surface area contributed by atoms with Gasteiger partial charge in [-0.3, -0.25) is 0 Å². The topological polar surface area (TPSA) is 55.6 Å². The van der Waals surface area contributed by atoms with Crippen molar-refractivity contribution in [2.45, 2.75) is 39.7 Å². The molecular formula is C14H21N5. The van der Waals surface area contributed by atoms with Gasteiger partial charge in [0.15, 0.2) is 5.82 Å². The summed E-state index contributed by atoms with van der Waals surface area (Å²) < 4.78 is 2.15. The number of hydrogen-bond acceptors (Lipinski definition) is 4. The van der Waals surface area contributed by atoms with E-state index in [0.717, 1.165) is 48.7 Å². The lowest BCUT2D eigenvalue weighted by atomic mass is 10.1. The number of rotatable bonds is 6. The van der Waals surface area contributed by atoms with Gasteiger partial charge >= 0.3 is 0 Å². The Labute approximate surface area is 114 Å². The SMILES string of the molecule is CCCc1c(NC)ncnc1-c1nccn1CCC. The van der Waals surface area contributed by atoms with E-state index in [1.807, 2.05) is 19.4 Å². The summed E-state index contributed by atoms with van der Waals surface area (Å²) in [6, 6.07) is 0. The summed E-state index contributed by atoms with van der Waals surface area (Å²) in [4.78, 5) is 13.2. The van der Waals surface area contributed by atoms with Crippen molar-refractivity contribution in [3.05, 3.63) is 24.3 Å². The molecule has 0 bridgehead atoms. The summed E-state index contributed by atoms with van der Waals surface area (Å²) in [7, 11) is 1.89. The summed E-state index contributed by atoms with van der Waals surface area (Å²) in [6.07, 6.45) is 8.54. The normalized spacial score (nSPS) is 10.7. The maximum atomic E-state index is 4.47. The minimum Gasteiger partial charge on any atom is -0.373 e. The van der Waals surface area contributed by atoms with Crippen LogP contribution < -0.4 is 5.32 Å². The molecule has 0 radical (unpaired) electrons. The van der Waals surface area contributed by atoms with Crippen LogP contribution in [0.3, 0.4) is 0 Å². The molecule has 5 heteroatoms. The van der Waals surface area contributed by atoms with E-state index in [0.29, 0.717) is 0 Å². The van der Waals surface area contributed by atoms with Gasteiger partial charge in [-0.1, -0.05) is 20.3 Å². The van der Waals surface area contributed by atoms with E-state index in [9.17, 15) is 0 Å². The fourth-order valence-electron chi connectivity index (χ4n) is 2.25. The molecule has 1 N–H and O–H groups in total. The Balaban J connectivity index is 2.51. The second-order valence-electron chi connectivity index (χ2n) is 4.49. The van der Waals surface area contributed by atoms with Gasteiger partial charge in [-0.25, -0.2) is 15.0 Å². The Morgan fingerprint density at radius 3 is 2.68 bits per heavy atom. The predicted octanol–water partition coefficient (Wildman–Crippen LogP) is 2.74. The lowest BCUT2D eigenvalue weighted by molar-refractivity contribution is 0.682. The lowest BCUT2D eigenvalue weighted by Gasteiger charge is -2.13. The summed E-state index contributed by atoms with van der Waals surface area (Å²) in [5, 5.41) is 3.15. The zero-order valence-electron chi connectivity index (χ0n) is 11.8. The van der Waals surface area contributed by atoms with Gasteiger partial charge in [0.05, 0.1) is 0 Å². The standard InChI is InChI=1S/C14H21N5/c1-4-6-11-12(17-10-18-13(11)15-3)14-16-7-9-19(14)8-5-2/h7,9-10H,4-6,8H2,1-3H3,(H,15,17,18). The van der Waals surface area contributed by atoms with Crippen molar-refractivity contribution in [3.8, 4) is 11.5 Å². The molecule has 2 rings (SSSR count). The quantitative estimate of drug-likeness (QED) is 0.866. The molecule has 0 aliphatic carbocycles. The van der Waals surface area contributed by atoms with Crippen LogP contribution in [0.5, 0.6) is 0 Å². The molecular weight excluding hydrogens is 238 g/mol. The number of anilines is 1. The Hall–Kier alpha value is -1.91. The zero-order valence-corrected chi connectivity index (χ0v) is 11.8. The van der Waals surface area contributed by atoms with E-state index < -0.39 is 0 Å². The molecule has 2 aromatic rings. The maximum absolute atomic E-state index is 4.47. The summed E-state index contributed by atoms with van der Waals surface area (Å²) in [6.45, 7) is 5.28. The van der Waals surface area contributed by atoms with Crippen LogP contribution in [-0.2, 0) is 13.0 Å². The van der Waals surface area contributed by atoms with Gasteiger partial charge < -0.3 is 9.88 Å². The van der Waals surface area contributed by atoms with Gasteiger partial charge in [0, 0.05) is 31.5 Å². The Bertz CT molecular complexity index is 532. The largest absolute Gasteiger partial charge is 0.373 e. The van der Waals surface area contributed by atoms with Crippen molar-refractivity contribution in [1.29, 1.82) is 0 Å². The predicted molar refractivity (Wildman–Crippen MR) is 77.1 cm³/mol. The van der Waals surface area contributed by atoms with Crippen LogP contribution >= 0.6 is 0 Å². The molecule has 0 spiro atoms. The van der Waals surface area contributed by atoms with Crippen LogP contribution in [0.1, 0.15) is 32.3 Å². The number of nitrogens with one attached hydrogen (secondary N) is 1. The monoisotopic (exact) mass is 259 g/mol. The van der Waals surface area contributed by atoms with E-state index in [1.54, 1.807) is 6.33 Å². The molecule has 19 heavy (non-hydrogen) atoms. The van der Waals surface area contributed by atoms with Crippen LogP contribution in [0.15, 0.2) is 18.7 Å². The van der Waals surface area contributed by atoms with Crippen LogP contribution in [-0.4, -0.2) is 26.6 Å². The molecule has 0 saturated heterocycles. The van der Waals surface area contributed by atoms with Crippen LogP contribution in [0.2, 0.25) is 0 Å². The van der Waals surface area contributed by atoms with E-state index in [-0.39, 0.29) is 0 Å². The van der Waals surface area contributed by atoms with Crippen LogP contribution in [0, 0.1) is 0 Å². The third kappa shape index (κ3) is 2.75. The second-order valence-corrected chi connectivity index (χ2v) is 4.49. The van der Waals surface area contributed by atoms with Crippen molar-refractivity contribution < 1.29 is 0 Å². The molecule has 0 unspecified atom stereocenters. The molecule has 0 fully saturated rings. The van der Waals surface area contributed by atoms with E-state index in [1.165, 1.54) is 0 Å². The first-order valence-corrected chi connectivity index (χ1v) is 6.84. The highest BCUT2D eigenvalue weighted by atomic mass is 15.1. The van der Waals surface area contributed by atoms with Crippen molar-refractivity contribution in [2.75, 3.05) is 12.4 Å². The molecule has 0 atom stereocenters. The molecule has 2 heterocycles. The highest BCUT2D eigenvalue weighted by Crippen LogP contribution is 2.25. The fourth-order valence-corrected chi connectivity index (χ4v) is 2.25. The Kier molecular flexibility index (Phi) is 4.49. The summed E-state index contributed by atoms with van der Waals surface area (Å²) in [5.74, 6) is 1.84. The second kappa shape index (κ2) is 6.31. The first kappa shape index (κ1) is 13.5. The summed E-state index contributed by atoms with van der Waals surface area (Å²) >= 11 is 0. The van der Waals surface area contributed by atoms with Crippen molar-refractivity contribution >= 4 is 5.82 Å². The molecule has 0 saturated carbocycles. The van der Waals surface area contributed by atoms with Gasteiger partial charge in [0.25, 0.3) is 0 Å². The first-order valence-electron chi connectivity index (χ1n) is 6.84. The minimum absolute atomic E-state index is 0.901. The van der Waals surface area contributed by atoms with Gasteiger partial charge in [0.1, 0.15) is 17.8 Å². The Morgan fingerprint density at radius 2 is 2.00 bits per heavy atom. The van der Waals surface area contributed by atoms with Gasteiger partial charge in [-0.05, 0) is 12.8 Å². The van der Waals surface area contributed by atoms with Gasteiger partial charge in [0.2, 0.25) is 0 Å². The van der Waals surface area contributed by atoms with Crippen LogP contribution in [0.4, 0.5) is 5.82 Å². The zero-order chi connectivity index (χ0) is 13.7. The minimum atomic E-state index is 0.901. The Morgan fingerprint density at radius 1 is 1.16 bits per heavy atom. The smallest absolute Gasteiger partial charge is 0.159 e. The third-order valence-corrected chi connectivity index (χ3v) is 3.07. The van der Waals surface area contributed by atoms with E-state index >= 15 is 0 Å². The molecule has 0 aromatic carbocycles. The average molecular weight is 259 g/mol. The number of aromatic nitrogens is 4. The number of hydrogen-bond donors (Lipinski definition) is 1. The average Bonchev–Trinajstić information content (AvgIpc) is 2.88. The lowest BCUT2D eigenvalue weighted by Crippen LogP contribution is -2.07. The highest BCUT2D eigenvalue weighted by Gasteiger charge is 2.15. The highest BCUT2D eigenvalue weighted by molar-refractivity contribution is 5.63. The van der Waals surface area contributed by atoms with Gasteiger partial charge in [-0.15, -0.1) is 0 Å². The van der Waals surface area contributed by atoms with Crippen molar-refractivity contribution in [2.24, 2.45) is 0 Å². The molecule has 0 aliphatic rings. The van der Waals surface area contributed by atoms with E-state index in [2.05, 4.69) is 38.7 Å². The third-order valence-electron chi connectivity index (χ3n) is 3.07. The molecule has 2 aromatic heterocycles. The number of imidazole rings is 1. The maximum Gasteiger partial charge on any atom is 0.159 e. The number of nitrogens with zero attached hydrogens (tertiary/aromatic N) is 4. The number of aryl methyl sites for hydroxylation is 1. The van der Waals surface area contributed by atoms with Crippen LogP contribution in [0.25, 0.3) is 11.5 Å².